The van der Waals surface area contributed by atoms with Gasteiger partial charge in [-0.05, 0) is 30.2 Å². The minimum atomic E-state index is -3.09. The van der Waals surface area contributed by atoms with Gasteiger partial charge in [-0.1, -0.05) is 24.5 Å². The van der Waals surface area contributed by atoms with Crippen LogP contribution < -0.4 is 9.39 Å². The summed E-state index contributed by atoms with van der Waals surface area (Å²) in [4.78, 5) is 13.5. The number of amidine groups is 1. The fourth-order valence-corrected chi connectivity index (χ4v) is 3.54. The van der Waals surface area contributed by atoms with Crippen molar-refractivity contribution in [3.8, 4) is 17.2 Å². The summed E-state index contributed by atoms with van der Waals surface area (Å²) < 4.78 is 11.0. The van der Waals surface area contributed by atoms with E-state index < -0.39 is 12.7 Å². The molecule has 10 heteroatoms. The summed E-state index contributed by atoms with van der Waals surface area (Å²) in [6, 6.07) is 9.61. The Morgan fingerprint density at radius 1 is 1.24 bits per heavy atom. The van der Waals surface area contributed by atoms with Gasteiger partial charge in [0.15, 0.2) is 0 Å². The van der Waals surface area contributed by atoms with Crippen LogP contribution in [0.5, 0.6) is 17.2 Å². The molecule has 2 aliphatic rings. The van der Waals surface area contributed by atoms with Gasteiger partial charge in [-0.25, -0.2) is 4.79 Å². The zero-order chi connectivity index (χ0) is 20.8. The first-order valence-electron chi connectivity index (χ1n) is 9.21. The number of fused-ring (bicyclic) bond motifs is 1. The molecule has 0 saturated carbocycles. The zero-order valence-corrected chi connectivity index (χ0v) is 15.4. The van der Waals surface area contributed by atoms with Gasteiger partial charge in [-0.3, -0.25) is 5.41 Å². The maximum atomic E-state index is 11.8. The molecule has 0 radical (unpaired) electrons. The number of aryl methyl sites for hydroxylation is 1. The van der Waals surface area contributed by atoms with Crippen molar-refractivity contribution in [1.82, 2.24) is 4.90 Å². The van der Waals surface area contributed by atoms with E-state index in [-0.39, 0.29) is 41.1 Å². The van der Waals surface area contributed by atoms with Crippen LogP contribution in [0.25, 0.3) is 0 Å². The lowest BCUT2D eigenvalue weighted by molar-refractivity contribution is 0.0596. The number of carboxylic acid groups (broad SMARTS) is 1. The van der Waals surface area contributed by atoms with Crippen molar-refractivity contribution in [2.75, 3.05) is 13.1 Å². The maximum absolute atomic E-state index is 11.8. The molecular weight excluding hydrogens is 379 g/mol. The van der Waals surface area contributed by atoms with Gasteiger partial charge >= 0.3 is 12.7 Å². The molecule has 2 aromatic rings. The zero-order valence-electron chi connectivity index (χ0n) is 15.4. The van der Waals surface area contributed by atoms with Gasteiger partial charge in [0.1, 0.15) is 29.0 Å². The predicted molar refractivity (Wildman–Crippen MR) is 104 cm³/mol. The largest absolute Gasteiger partial charge is 0.669 e. The molecule has 0 atom stereocenters. The normalized spacial score (nSPS) is 17.7. The van der Waals surface area contributed by atoms with Crippen molar-refractivity contribution in [2.45, 2.75) is 18.8 Å². The van der Waals surface area contributed by atoms with Crippen LogP contribution >= 0.6 is 0 Å². The Morgan fingerprint density at radius 3 is 2.69 bits per heavy atom. The number of aromatic hydroxyl groups is 1. The number of ether oxygens (including phenoxy) is 1. The fraction of sp³-hybridized carbons (Fsp3) is 0.263. The van der Waals surface area contributed by atoms with Crippen molar-refractivity contribution in [3.05, 3.63) is 53.1 Å². The summed E-state index contributed by atoms with van der Waals surface area (Å²) in [5.74, 6) is -0.963. The number of carboxylic acids is 1. The van der Waals surface area contributed by atoms with Crippen LogP contribution in [-0.2, 0) is 6.42 Å². The number of rotatable bonds is 4. The SMILES string of the molecule is N=C(c1cccc(O)c1)N1CC(Oc2ccc3c(c2C(=O)O)O[B-](O)(O)CC3)C1. The summed E-state index contributed by atoms with van der Waals surface area (Å²) in [5, 5.41) is 47.0. The number of hydrogen-bond acceptors (Lipinski definition) is 7. The van der Waals surface area contributed by atoms with Gasteiger partial charge in [0.2, 0.25) is 0 Å². The van der Waals surface area contributed by atoms with E-state index >= 15 is 0 Å². The molecule has 0 aromatic heterocycles. The minimum absolute atomic E-state index is 0.000992. The fourth-order valence-electron chi connectivity index (χ4n) is 3.54. The van der Waals surface area contributed by atoms with Crippen LogP contribution in [-0.4, -0.2) is 62.9 Å². The maximum Gasteiger partial charge on any atom is 0.430 e. The van der Waals surface area contributed by atoms with Gasteiger partial charge in [0.25, 0.3) is 0 Å². The minimum Gasteiger partial charge on any atom is -0.669 e. The molecular formula is C19H20BN2O7-. The highest BCUT2D eigenvalue weighted by atomic mass is 16.6. The van der Waals surface area contributed by atoms with E-state index in [0.717, 1.165) is 0 Å². The number of phenolic OH excluding ortho intramolecular Hbond substituents is 1. The highest BCUT2D eigenvalue weighted by molar-refractivity contribution is 6.59. The molecule has 2 heterocycles. The Kier molecular flexibility index (Phi) is 4.60. The average molecular weight is 399 g/mol. The number of hydrogen-bond donors (Lipinski definition) is 5. The summed E-state index contributed by atoms with van der Waals surface area (Å²) in [7, 11) is 0. The number of phenols is 1. The quantitative estimate of drug-likeness (QED) is 0.292. The predicted octanol–water partition coefficient (Wildman–Crippen LogP) is 1.04. The highest BCUT2D eigenvalue weighted by Crippen LogP contribution is 2.39. The molecule has 29 heavy (non-hydrogen) atoms. The molecule has 4 rings (SSSR count). The second-order valence-corrected chi connectivity index (χ2v) is 7.29. The molecule has 0 aliphatic carbocycles. The lowest BCUT2D eigenvalue weighted by atomic mass is 9.70. The Balaban J connectivity index is 1.49. The van der Waals surface area contributed by atoms with E-state index in [0.29, 0.717) is 30.6 Å². The van der Waals surface area contributed by atoms with Crippen molar-refractivity contribution < 1.29 is 34.4 Å². The van der Waals surface area contributed by atoms with Crippen LogP contribution in [0.1, 0.15) is 21.5 Å². The average Bonchev–Trinajstić information content (AvgIpc) is 2.62. The molecule has 2 aliphatic heterocycles. The Labute approximate surface area is 166 Å². The van der Waals surface area contributed by atoms with Crippen LogP contribution in [0, 0.1) is 5.41 Å². The first-order chi connectivity index (χ1) is 13.7. The van der Waals surface area contributed by atoms with E-state index in [9.17, 15) is 25.1 Å². The molecule has 1 fully saturated rings. The van der Waals surface area contributed by atoms with Crippen LogP contribution in [0.2, 0.25) is 6.32 Å². The van der Waals surface area contributed by atoms with Gasteiger partial charge in [0, 0.05) is 5.56 Å². The number of benzene rings is 2. The third-order valence-corrected chi connectivity index (χ3v) is 5.09. The van der Waals surface area contributed by atoms with Crippen LogP contribution in [0.4, 0.5) is 0 Å². The van der Waals surface area contributed by atoms with E-state index in [4.69, 9.17) is 14.8 Å². The summed E-state index contributed by atoms with van der Waals surface area (Å²) >= 11 is 0. The first-order valence-corrected chi connectivity index (χ1v) is 9.21. The van der Waals surface area contributed by atoms with Gasteiger partial charge in [-0.2, -0.15) is 0 Å². The number of nitrogens with one attached hydrogen (secondary N) is 1. The second kappa shape index (κ2) is 6.98. The molecule has 2 aromatic carbocycles. The highest BCUT2D eigenvalue weighted by Gasteiger charge is 2.35. The van der Waals surface area contributed by atoms with E-state index in [1.54, 1.807) is 29.2 Å². The number of carbonyl (C=O) groups is 1. The standard InChI is InChI=1S/C19H20BN2O7/c21-18(12-2-1-3-13(23)8-12)22-9-14(10-22)28-15-5-4-11-6-7-20(26,27)29-17(11)16(15)19(24)25/h1-5,8,14,21,23,26-27H,6-7,9-10H2,(H,24,25)/q-1. The summed E-state index contributed by atoms with van der Waals surface area (Å²) in [6.07, 6.45) is -0.0479. The number of nitrogens with zero attached hydrogens (tertiary/aromatic N) is 1. The Bertz CT molecular complexity index is 989. The Morgan fingerprint density at radius 2 is 2.00 bits per heavy atom. The van der Waals surface area contributed by atoms with Gasteiger partial charge < -0.3 is 34.6 Å². The third-order valence-electron chi connectivity index (χ3n) is 5.09. The van der Waals surface area contributed by atoms with Crippen LogP contribution in [0.3, 0.4) is 0 Å². The molecule has 0 bridgehead atoms. The van der Waals surface area contributed by atoms with E-state index in [2.05, 4.69) is 0 Å². The topological polar surface area (TPSA) is 144 Å². The van der Waals surface area contributed by atoms with Gasteiger partial charge in [0.05, 0.1) is 18.8 Å². The molecule has 152 valence electrons. The summed E-state index contributed by atoms with van der Waals surface area (Å²) in [5.41, 5.74) is 0.913. The van der Waals surface area contributed by atoms with Gasteiger partial charge in [-0.15, -0.1) is 0 Å². The van der Waals surface area contributed by atoms with E-state index in [1.807, 2.05) is 0 Å². The second-order valence-electron chi connectivity index (χ2n) is 7.29. The van der Waals surface area contributed by atoms with Crippen molar-refractivity contribution in [3.63, 3.8) is 0 Å². The third kappa shape index (κ3) is 3.72. The molecule has 9 nitrogen and oxygen atoms in total. The molecule has 0 amide bonds. The van der Waals surface area contributed by atoms with E-state index in [1.165, 1.54) is 12.1 Å². The van der Waals surface area contributed by atoms with Crippen molar-refractivity contribution in [1.29, 1.82) is 5.41 Å². The molecule has 5 N–H and O–H groups in total. The Hall–Kier alpha value is -3.24. The molecule has 0 spiro atoms. The lowest BCUT2D eigenvalue weighted by Crippen LogP contribution is -2.56. The van der Waals surface area contributed by atoms with Crippen molar-refractivity contribution >= 4 is 18.6 Å². The number of likely N-dealkylation sites (tertiary alicyclic amines) is 1. The smallest absolute Gasteiger partial charge is 0.430 e. The first kappa shape index (κ1) is 19.1. The number of aromatic carboxylic acids is 1. The van der Waals surface area contributed by atoms with Crippen LogP contribution in [0.15, 0.2) is 36.4 Å². The van der Waals surface area contributed by atoms with Crippen molar-refractivity contribution in [2.24, 2.45) is 0 Å². The molecule has 1 saturated heterocycles. The monoisotopic (exact) mass is 399 g/mol. The lowest BCUT2D eigenvalue weighted by Gasteiger charge is -2.41. The summed E-state index contributed by atoms with van der Waals surface area (Å²) in [6.45, 7) is -2.34. The molecule has 0 unspecified atom stereocenters.